The van der Waals surface area contributed by atoms with Crippen molar-refractivity contribution in [2.75, 3.05) is 7.11 Å². The molecule has 0 aromatic heterocycles. The first-order chi connectivity index (χ1) is 6.00. The van der Waals surface area contributed by atoms with Gasteiger partial charge in [0.05, 0.1) is 0 Å². The molecule has 1 unspecified atom stereocenters. The fourth-order valence-electron chi connectivity index (χ4n) is 0.415. The van der Waals surface area contributed by atoms with Crippen molar-refractivity contribution in [2.45, 2.75) is 11.6 Å². The SMILES string of the molecule is COP(=O)(O)C(F)(F)C(F)(F)C(=O)[O-].[Na+]. The standard InChI is InChI=1S/C4H5F4O5P.Na/c1-13-14(11,12)4(7,8)3(5,6)2(9)10;/h1H3,(H,9,10)(H,11,12);/q;+1/p-1. The molecule has 11 heteroatoms. The number of carboxylic acid groups (broad SMARTS) is 1. The Morgan fingerprint density at radius 2 is 1.73 bits per heavy atom. The first-order valence-electron chi connectivity index (χ1n) is 2.86. The van der Waals surface area contributed by atoms with Crippen molar-refractivity contribution in [3.63, 3.8) is 0 Å². The molecule has 0 aromatic carbocycles. The predicted molar refractivity (Wildman–Crippen MR) is 31.7 cm³/mol. The predicted octanol–water partition coefficient (Wildman–Crippen LogP) is -3.20. The Balaban J connectivity index is 0. The van der Waals surface area contributed by atoms with Gasteiger partial charge in [0.2, 0.25) is 0 Å². The van der Waals surface area contributed by atoms with Crippen LogP contribution in [-0.2, 0) is 13.9 Å². The second-order valence-electron chi connectivity index (χ2n) is 2.11. The average Bonchev–Trinajstić information content (AvgIpc) is 2.03. The van der Waals surface area contributed by atoms with E-state index in [-0.39, 0.29) is 36.7 Å². The Labute approximate surface area is 103 Å². The van der Waals surface area contributed by atoms with Crippen molar-refractivity contribution in [3.8, 4) is 0 Å². The normalized spacial score (nSPS) is 16.4. The molecule has 84 valence electrons. The molecule has 0 aliphatic carbocycles. The van der Waals surface area contributed by atoms with E-state index >= 15 is 0 Å². The number of hydrogen-bond donors (Lipinski definition) is 1. The number of carbonyl (C=O) groups excluding carboxylic acids is 1. The van der Waals surface area contributed by atoms with Crippen LogP contribution in [0.5, 0.6) is 0 Å². The molecule has 0 saturated heterocycles. The minimum absolute atomic E-state index is 0. The van der Waals surface area contributed by atoms with Crippen LogP contribution < -0.4 is 34.7 Å². The Bertz CT molecular complexity index is 295. The van der Waals surface area contributed by atoms with Gasteiger partial charge in [0.25, 0.3) is 0 Å². The molecule has 0 heterocycles. The molecule has 0 fully saturated rings. The Morgan fingerprint density at radius 3 is 1.93 bits per heavy atom. The van der Waals surface area contributed by atoms with E-state index < -0.39 is 25.2 Å². The second-order valence-corrected chi connectivity index (χ2v) is 4.07. The third kappa shape index (κ3) is 2.92. The van der Waals surface area contributed by atoms with Gasteiger partial charge in [-0.25, -0.2) is 0 Å². The summed E-state index contributed by atoms with van der Waals surface area (Å²) in [5.41, 5.74) is -5.74. The molecule has 1 N–H and O–H groups in total. The number of carboxylic acids is 1. The van der Waals surface area contributed by atoms with E-state index in [2.05, 4.69) is 4.52 Å². The van der Waals surface area contributed by atoms with Gasteiger partial charge in [-0.15, -0.1) is 0 Å². The van der Waals surface area contributed by atoms with E-state index in [0.29, 0.717) is 0 Å². The first-order valence-corrected chi connectivity index (χ1v) is 4.44. The summed E-state index contributed by atoms with van der Waals surface area (Å²) in [6.45, 7) is 0. The van der Waals surface area contributed by atoms with Gasteiger partial charge >= 0.3 is 48.7 Å². The quantitative estimate of drug-likeness (QED) is 0.327. The summed E-state index contributed by atoms with van der Waals surface area (Å²) in [7, 11) is -5.79. The van der Waals surface area contributed by atoms with Crippen LogP contribution in [0.2, 0.25) is 0 Å². The zero-order valence-corrected chi connectivity index (χ0v) is 10.4. The van der Waals surface area contributed by atoms with Crippen molar-refractivity contribution in [2.24, 2.45) is 0 Å². The van der Waals surface area contributed by atoms with Crippen molar-refractivity contribution in [1.82, 2.24) is 0 Å². The Hall–Kier alpha value is 0.340. The summed E-state index contributed by atoms with van der Waals surface area (Å²) < 4.78 is 62.8. The number of alkyl halides is 4. The van der Waals surface area contributed by atoms with Crippen LogP contribution in [-0.4, -0.2) is 29.6 Å². The van der Waals surface area contributed by atoms with Crippen LogP contribution >= 0.6 is 7.60 Å². The van der Waals surface area contributed by atoms with E-state index in [9.17, 15) is 32.0 Å². The fraction of sp³-hybridized carbons (Fsp3) is 0.750. The molecule has 15 heavy (non-hydrogen) atoms. The molecule has 0 spiro atoms. The summed E-state index contributed by atoms with van der Waals surface area (Å²) in [6, 6.07) is 0. The molecule has 0 aliphatic heterocycles. The molecule has 0 aliphatic rings. The molecule has 1 atom stereocenters. The van der Waals surface area contributed by atoms with E-state index in [1.54, 1.807) is 0 Å². The zero-order valence-electron chi connectivity index (χ0n) is 7.54. The monoisotopic (exact) mass is 262 g/mol. The molecule has 0 aromatic rings. The molecule has 0 rings (SSSR count). The van der Waals surface area contributed by atoms with Crippen LogP contribution in [0.4, 0.5) is 17.6 Å². The van der Waals surface area contributed by atoms with Gasteiger partial charge in [-0.05, 0) is 0 Å². The smallest absolute Gasteiger partial charge is 0.544 e. The van der Waals surface area contributed by atoms with Crippen LogP contribution in [0.25, 0.3) is 0 Å². The average molecular weight is 262 g/mol. The minimum atomic E-state index is -6.06. The van der Waals surface area contributed by atoms with Crippen LogP contribution in [0, 0.1) is 0 Å². The summed E-state index contributed by atoms with van der Waals surface area (Å²) in [5.74, 6) is -9.25. The van der Waals surface area contributed by atoms with Gasteiger partial charge in [-0.1, -0.05) is 0 Å². The van der Waals surface area contributed by atoms with Crippen molar-refractivity contribution < 1.29 is 71.0 Å². The number of halogens is 4. The van der Waals surface area contributed by atoms with Crippen LogP contribution in [0.3, 0.4) is 0 Å². The Kier molecular flexibility index (Phi) is 6.04. The third-order valence-electron chi connectivity index (χ3n) is 1.24. The van der Waals surface area contributed by atoms with Gasteiger partial charge < -0.3 is 19.3 Å². The topological polar surface area (TPSA) is 86.7 Å². The van der Waals surface area contributed by atoms with Crippen LogP contribution in [0.15, 0.2) is 0 Å². The van der Waals surface area contributed by atoms with Gasteiger partial charge in [0.15, 0.2) is 0 Å². The largest absolute Gasteiger partial charge is 1.00 e. The van der Waals surface area contributed by atoms with Crippen LogP contribution in [0.1, 0.15) is 0 Å². The second kappa shape index (κ2) is 5.11. The van der Waals surface area contributed by atoms with Crippen molar-refractivity contribution >= 4 is 13.6 Å². The fourth-order valence-corrected chi connectivity index (χ4v) is 1.09. The summed E-state index contributed by atoms with van der Waals surface area (Å²) in [6.07, 6.45) is 0. The molecular formula is C4H4F4NaO5P. The minimum Gasteiger partial charge on any atom is -0.544 e. The van der Waals surface area contributed by atoms with Gasteiger partial charge in [-0.2, -0.15) is 17.6 Å². The van der Waals surface area contributed by atoms with E-state index in [4.69, 9.17) is 4.89 Å². The Morgan fingerprint density at radius 1 is 1.40 bits per heavy atom. The maximum Gasteiger partial charge on any atom is 1.00 e. The first kappa shape index (κ1) is 17.7. The molecular weight excluding hydrogens is 258 g/mol. The number of hydrogen-bond acceptors (Lipinski definition) is 4. The number of rotatable bonds is 4. The third-order valence-corrected chi connectivity index (χ3v) is 2.72. The summed E-state index contributed by atoms with van der Waals surface area (Å²) in [5, 5.41) is 9.60. The van der Waals surface area contributed by atoms with Gasteiger partial charge in [0, 0.05) is 7.11 Å². The molecule has 0 radical (unpaired) electrons. The van der Waals surface area contributed by atoms with E-state index in [0.717, 1.165) is 0 Å². The molecule has 0 saturated carbocycles. The molecule has 5 nitrogen and oxygen atoms in total. The van der Waals surface area contributed by atoms with Gasteiger partial charge in [-0.3, -0.25) is 4.57 Å². The maximum atomic E-state index is 12.4. The van der Waals surface area contributed by atoms with E-state index in [1.165, 1.54) is 0 Å². The van der Waals surface area contributed by atoms with E-state index in [1.807, 2.05) is 0 Å². The number of aliphatic carboxylic acids is 1. The maximum absolute atomic E-state index is 12.4. The van der Waals surface area contributed by atoms with Crippen molar-refractivity contribution in [1.29, 1.82) is 0 Å². The summed E-state index contributed by atoms with van der Waals surface area (Å²) in [4.78, 5) is 17.8. The summed E-state index contributed by atoms with van der Waals surface area (Å²) >= 11 is 0. The number of carbonyl (C=O) groups is 1. The van der Waals surface area contributed by atoms with Gasteiger partial charge in [0.1, 0.15) is 5.97 Å². The van der Waals surface area contributed by atoms with Crippen molar-refractivity contribution in [3.05, 3.63) is 0 Å². The molecule has 0 amide bonds. The zero-order chi connectivity index (χ0) is 11.8. The molecule has 0 bridgehead atoms.